The molecule has 0 aliphatic heterocycles. The van der Waals surface area contributed by atoms with Crippen molar-refractivity contribution in [2.75, 3.05) is 0 Å². The van der Waals surface area contributed by atoms with Crippen molar-refractivity contribution in [3.8, 4) is 0 Å². The first-order chi connectivity index (χ1) is 7.37. The highest BCUT2D eigenvalue weighted by atomic mass is 79.9. The smallest absolute Gasteiger partial charge is 0.220 e. The second-order valence-corrected chi connectivity index (χ2v) is 7.02. The van der Waals surface area contributed by atoms with Crippen LogP contribution in [0.5, 0.6) is 0 Å². The lowest BCUT2D eigenvalue weighted by atomic mass is 10.00. The molecule has 90 valence electrons. The van der Waals surface area contributed by atoms with Crippen LogP contribution in [-0.4, -0.2) is 11.4 Å². The van der Waals surface area contributed by atoms with Crippen LogP contribution in [0.2, 0.25) is 0 Å². The number of thiophene rings is 1. The molecular weight excluding hydrogens is 288 g/mol. The summed E-state index contributed by atoms with van der Waals surface area (Å²) in [5.41, 5.74) is 5.54. The molecule has 3 N–H and O–H groups in total. The van der Waals surface area contributed by atoms with E-state index in [4.69, 9.17) is 5.73 Å². The summed E-state index contributed by atoms with van der Waals surface area (Å²) in [6, 6.07) is 3.98. The van der Waals surface area contributed by atoms with Gasteiger partial charge in [-0.05, 0) is 48.3 Å². The van der Waals surface area contributed by atoms with E-state index in [1.54, 1.807) is 11.3 Å². The molecule has 0 saturated heterocycles. The molecule has 0 spiro atoms. The van der Waals surface area contributed by atoms with Gasteiger partial charge in [-0.2, -0.15) is 0 Å². The van der Waals surface area contributed by atoms with Crippen molar-refractivity contribution in [3.63, 3.8) is 0 Å². The second-order valence-electron chi connectivity index (χ2n) is 4.47. The highest BCUT2D eigenvalue weighted by Gasteiger charge is 2.13. The highest BCUT2D eigenvalue weighted by Crippen LogP contribution is 2.21. The van der Waals surface area contributed by atoms with Gasteiger partial charge in [-0.25, -0.2) is 0 Å². The zero-order valence-electron chi connectivity index (χ0n) is 9.55. The van der Waals surface area contributed by atoms with Crippen molar-refractivity contribution < 1.29 is 4.79 Å². The third-order valence-corrected chi connectivity index (χ3v) is 3.71. The normalized spacial score (nSPS) is 11.5. The van der Waals surface area contributed by atoms with E-state index in [0.29, 0.717) is 19.4 Å². The molecular formula is C11H17BrN2OS. The van der Waals surface area contributed by atoms with E-state index >= 15 is 0 Å². The summed E-state index contributed by atoms with van der Waals surface area (Å²) in [6.45, 7) is 4.45. The summed E-state index contributed by atoms with van der Waals surface area (Å²) in [4.78, 5) is 12.6. The van der Waals surface area contributed by atoms with Crippen LogP contribution in [0.1, 0.15) is 31.6 Å². The number of amides is 1. The van der Waals surface area contributed by atoms with Crippen LogP contribution in [0.3, 0.4) is 0 Å². The minimum absolute atomic E-state index is 0.0584. The first-order valence-electron chi connectivity index (χ1n) is 5.16. The van der Waals surface area contributed by atoms with Crippen molar-refractivity contribution in [1.82, 2.24) is 5.32 Å². The number of hydrogen-bond donors (Lipinski definition) is 2. The van der Waals surface area contributed by atoms with Crippen LogP contribution in [0, 0.1) is 0 Å². The van der Waals surface area contributed by atoms with Crippen molar-refractivity contribution in [2.45, 2.75) is 38.8 Å². The van der Waals surface area contributed by atoms with Gasteiger partial charge >= 0.3 is 0 Å². The first-order valence-corrected chi connectivity index (χ1v) is 6.77. The van der Waals surface area contributed by atoms with Crippen LogP contribution < -0.4 is 11.1 Å². The van der Waals surface area contributed by atoms with Crippen LogP contribution in [0.15, 0.2) is 15.9 Å². The Balaban J connectivity index is 2.25. The average Bonchev–Trinajstić information content (AvgIpc) is 2.57. The molecule has 1 heterocycles. The molecule has 0 atom stereocenters. The first kappa shape index (κ1) is 13.7. The lowest BCUT2D eigenvalue weighted by Crippen LogP contribution is -2.34. The van der Waals surface area contributed by atoms with Crippen molar-refractivity contribution in [1.29, 1.82) is 0 Å². The summed E-state index contributed by atoms with van der Waals surface area (Å²) in [7, 11) is 0. The number of halogens is 1. The Labute approximate surface area is 109 Å². The molecule has 0 fully saturated rings. The maximum Gasteiger partial charge on any atom is 0.220 e. The minimum atomic E-state index is -0.275. The summed E-state index contributed by atoms with van der Waals surface area (Å²) < 4.78 is 1.08. The molecule has 5 heteroatoms. The van der Waals surface area contributed by atoms with E-state index in [1.165, 1.54) is 0 Å². The number of carbonyl (C=O) groups is 1. The van der Waals surface area contributed by atoms with Gasteiger partial charge in [0.1, 0.15) is 0 Å². The maximum absolute atomic E-state index is 11.5. The van der Waals surface area contributed by atoms with E-state index < -0.39 is 0 Å². The quantitative estimate of drug-likeness (QED) is 0.878. The largest absolute Gasteiger partial charge is 0.351 e. The molecule has 0 aliphatic rings. The van der Waals surface area contributed by atoms with Crippen molar-refractivity contribution >= 4 is 33.2 Å². The Kier molecular flexibility index (Phi) is 4.95. The van der Waals surface area contributed by atoms with Gasteiger partial charge in [0, 0.05) is 16.8 Å². The standard InChI is InChI=1S/C11H17BrN2OS/c1-11(2,13)6-5-10(15)14-7-8-3-4-9(12)16-8/h3-4H,5-7,13H2,1-2H3,(H,14,15). The van der Waals surface area contributed by atoms with E-state index in [-0.39, 0.29) is 11.4 Å². The van der Waals surface area contributed by atoms with Gasteiger partial charge < -0.3 is 11.1 Å². The summed E-state index contributed by atoms with van der Waals surface area (Å²) in [6.07, 6.45) is 1.18. The molecule has 0 unspecified atom stereocenters. The Morgan fingerprint density at radius 3 is 2.75 bits per heavy atom. The number of nitrogens with two attached hydrogens (primary N) is 1. The molecule has 1 rings (SSSR count). The number of rotatable bonds is 5. The Morgan fingerprint density at radius 1 is 1.56 bits per heavy atom. The fourth-order valence-electron chi connectivity index (χ4n) is 1.16. The Bertz CT molecular complexity index is 357. The second kappa shape index (κ2) is 5.80. The van der Waals surface area contributed by atoms with Gasteiger partial charge in [0.2, 0.25) is 5.91 Å². The topological polar surface area (TPSA) is 55.1 Å². The minimum Gasteiger partial charge on any atom is -0.351 e. The summed E-state index contributed by atoms with van der Waals surface area (Å²) >= 11 is 5.02. The number of carbonyl (C=O) groups excluding carboxylic acids is 1. The monoisotopic (exact) mass is 304 g/mol. The van der Waals surface area contributed by atoms with Crippen LogP contribution in [0.25, 0.3) is 0 Å². The van der Waals surface area contributed by atoms with E-state index in [0.717, 1.165) is 8.66 Å². The predicted molar refractivity (Wildman–Crippen MR) is 71.4 cm³/mol. The SMILES string of the molecule is CC(C)(N)CCC(=O)NCc1ccc(Br)s1. The Hall–Kier alpha value is -0.390. The van der Waals surface area contributed by atoms with Crippen LogP contribution in [-0.2, 0) is 11.3 Å². The fourth-order valence-corrected chi connectivity index (χ4v) is 2.58. The zero-order valence-corrected chi connectivity index (χ0v) is 12.0. The molecule has 0 aromatic carbocycles. The molecule has 1 aromatic rings. The molecule has 1 aromatic heterocycles. The van der Waals surface area contributed by atoms with Gasteiger partial charge in [0.25, 0.3) is 0 Å². The number of nitrogens with one attached hydrogen (secondary N) is 1. The molecule has 1 amide bonds. The highest BCUT2D eigenvalue weighted by molar-refractivity contribution is 9.11. The van der Waals surface area contributed by atoms with E-state index in [9.17, 15) is 4.79 Å². The lowest BCUT2D eigenvalue weighted by Gasteiger charge is -2.17. The van der Waals surface area contributed by atoms with E-state index in [1.807, 2.05) is 26.0 Å². The molecule has 0 bridgehead atoms. The maximum atomic E-state index is 11.5. The molecule has 16 heavy (non-hydrogen) atoms. The molecule has 0 radical (unpaired) electrons. The third kappa shape index (κ3) is 5.63. The molecule has 0 saturated carbocycles. The van der Waals surface area contributed by atoms with Gasteiger partial charge in [-0.15, -0.1) is 11.3 Å². The number of hydrogen-bond acceptors (Lipinski definition) is 3. The molecule has 0 aliphatic carbocycles. The summed E-state index contributed by atoms with van der Waals surface area (Å²) in [5.74, 6) is 0.0584. The zero-order chi connectivity index (χ0) is 12.2. The third-order valence-electron chi connectivity index (χ3n) is 2.09. The summed E-state index contributed by atoms with van der Waals surface area (Å²) in [5, 5.41) is 2.88. The van der Waals surface area contributed by atoms with Gasteiger partial charge in [-0.3, -0.25) is 4.79 Å². The fraction of sp³-hybridized carbons (Fsp3) is 0.545. The van der Waals surface area contributed by atoms with Crippen molar-refractivity contribution in [3.05, 3.63) is 20.8 Å². The lowest BCUT2D eigenvalue weighted by molar-refractivity contribution is -0.121. The predicted octanol–water partition coefficient (Wildman–Crippen LogP) is 2.64. The van der Waals surface area contributed by atoms with Gasteiger partial charge in [-0.1, -0.05) is 0 Å². The van der Waals surface area contributed by atoms with E-state index in [2.05, 4.69) is 21.2 Å². The van der Waals surface area contributed by atoms with Gasteiger partial charge in [0.15, 0.2) is 0 Å². The Morgan fingerprint density at radius 2 is 2.25 bits per heavy atom. The van der Waals surface area contributed by atoms with Crippen LogP contribution >= 0.6 is 27.3 Å². The average molecular weight is 305 g/mol. The van der Waals surface area contributed by atoms with Gasteiger partial charge in [0.05, 0.1) is 10.3 Å². The van der Waals surface area contributed by atoms with Crippen molar-refractivity contribution in [2.24, 2.45) is 5.73 Å². The molecule has 3 nitrogen and oxygen atoms in total. The van der Waals surface area contributed by atoms with Crippen LogP contribution in [0.4, 0.5) is 0 Å².